The van der Waals surface area contributed by atoms with Crippen LogP contribution >= 0.6 is 0 Å². The Morgan fingerprint density at radius 3 is 2.03 bits per heavy atom. The van der Waals surface area contributed by atoms with E-state index < -0.39 is 6.04 Å². The summed E-state index contributed by atoms with van der Waals surface area (Å²) in [6, 6.07) is 25.5. The van der Waals surface area contributed by atoms with E-state index in [4.69, 9.17) is 4.74 Å². The van der Waals surface area contributed by atoms with Gasteiger partial charge in [-0.25, -0.2) is 0 Å². The Morgan fingerprint density at radius 1 is 0.867 bits per heavy atom. The van der Waals surface area contributed by atoms with Gasteiger partial charge in [0.2, 0.25) is 11.8 Å². The highest BCUT2D eigenvalue weighted by molar-refractivity contribution is 5.90. The van der Waals surface area contributed by atoms with E-state index in [1.54, 1.807) is 7.05 Å². The Morgan fingerprint density at radius 2 is 1.43 bits per heavy atom. The summed E-state index contributed by atoms with van der Waals surface area (Å²) in [4.78, 5) is 26.6. The van der Waals surface area contributed by atoms with Gasteiger partial charge in [-0.3, -0.25) is 9.59 Å². The minimum absolute atomic E-state index is 0.110. The molecule has 3 rings (SSSR count). The fourth-order valence-electron chi connectivity index (χ4n) is 3.00. The molecule has 2 N–H and O–H groups in total. The molecular formula is C24H25N3O3. The van der Waals surface area contributed by atoms with Crippen molar-refractivity contribution in [2.24, 2.45) is 0 Å². The molecule has 154 valence electrons. The minimum atomic E-state index is -0.737. The first kappa shape index (κ1) is 20.9. The van der Waals surface area contributed by atoms with Gasteiger partial charge in [0.25, 0.3) is 0 Å². The van der Waals surface area contributed by atoms with Gasteiger partial charge >= 0.3 is 0 Å². The van der Waals surface area contributed by atoms with Gasteiger partial charge in [-0.2, -0.15) is 0 Å². The first-order chi connectivity index (χ1) is 14.6. The quantitative estimate of drug-likeness (QED) is 0.604. The summed E-state index contributed by atoms with van der Waals surface area (Å²) in [5, 5.41) is 5.41. The van der Waals surface area contributed by atoms with E-state index in [1.807, 2.05) is 96.9 Å². The van der Waals surface area contributed by atoms with E-state index in [9.17, 15) is 9.59 Å². The summed E-state index contributed by atoms with van der Waals surface area (Å²) >= 11 is 0. The molecule has 0 bridgehead atoms. The van der Waals surface area contributed by atoms with Crippen molar-refractivity contribution in [3.63, 3.8) is 0 Å². The van der Waals surface area contributed by atoms with E-state index in [2.05, 4.69) is 10.6 Å². The first-order valence-corrected chi connectivity index (χ1v) is 9.67. The van der Waals surface area contributed by atoms with Crippen LogP contribution in [-0.2, 0) is 9.59 Å². The number of likely N-dealkylation sites (N-methyl/N-ethyl adjacent to an activating group) is 2. The van der Waals surface area contributed by atoms with E-state index in [1.165, 1.54) is 0 Å². The highest BCUT2D eigenvalue weighted by Crippen LogP contribution is 2.24. The number of anilines is 1. The molecule has 0 aromatic heterocycles. The smallest absolute Gasteiger partial charge is 0.246 e. The second kappa shape index (κ2) is 10.1. The molecule has 0 aliphatic rings. The SMILES string of the molecule is CNC(=O)C(NC(=O)CN(C)c1ccc(Oc2ccccc2)cc1)c1ccccc1. The van der Waals surface area contributed by atoms with E-state index in [-0.39, 0.29) is 18.4 Å². The van der Waals surface area contributed by atoms with Crippen LogP contribution in [0.15, 0.2) is 84.9 Å². The zero-order chi connectivity index (χ0) is 21.3. The van der Waals surface area contributed by atoms with Crippen LogP contribution in [0.5, 0.6) is 11.5 Å². The number of hydrogen-bond acceptors (Lipinski definition) is 4. The van der Waals surface area contributed by atoms with Gasteiger partial charge in [0.05, 0.1) is 6.54 Å². The molecule has 3 aromatic carbocycles. The second-order valence-electron chi connectivity index (χ2n) is 6.79. The molecule has 0 saturated carbocycles. The van der Waals surface area contributed by atoms with Crippen LogP contribution in [0.2, 0.25) is 0 Å². The highest BCUT2D eigenvalue weighted by atomic mass is 16.5. The molecule has 0 radical (unpaired) electrons. The number of hydrogen-bond donors (Lipinski definition) is 2. The Bertz CT molecular complexity index is 960. The number of carbonyl (C=O) groups excluding carboxylic acids is 2. The lowest BCUT2D eigenvalue weighted by Crippen LogP contribution is -2.43. The Balaban J connectivity index is 1.61. The average molecular weight is 403 g/mol. The lowest BCUT2D eigenvalue weighted by atomic mass is 10.1. The normalized spacial score (nSPS) is 11.3. The third-order valence-corrected chi connectivity index (χ3v) is 4.58. The van der Waals surface area contributed by atoms with Crippen LogP contribution in [-0.4, -0.2) is 32.5 Å². The van der Waals surface area contributed by atoms with E-state index in [0.717, 1.165) is 17.0 Å². The minimum Gasteiger partial charge on any atom is -0.457 e. The standard InChI is InChI=1S/C24H25N3O3/c1-25-24(29)23(18-9-5-3-6-10-18)26-22(28)17-27(2)19-13-15-21(16-14-19)30-20-11-7-4-8-12-20/h3-16,23H,17H2,1-2H3,(H,25,29)(H,26,28). The van der Waals surface area contributed by atoms with Gasteiger partial charge in [-0.15, -0.1) is 0 Å². The van der Waals surface area contributed by atoms with Crippen molar-refractivity contribution < 1.29 is 14.3 Å². The van der Waals surface area contributed by atoms with Crippen LogP contribution in [0.4, 0.5) is 5.69 Å². The van der Waals surface area contributed by atoms with Gasteiger partial charge in [0.15, 0.2) is 0 Å². The van der Waals surface area contributed by atoms with Crippen molar-refractivity contribution in [3.05, 3.63) is 90.5 Å². The number of benzene rings is 3. The third-order valence-electron chi connectivity index (χ3n) is 4.58. The largest absolute Gasteiger partial charge is 0.457 e. The summed E-state index contributed by atoms with van der Waals surface area (Å²) in [6.07, 6.45) is 0. The molecule has 1 unspecified atom stereocenters. The zero-order valence-electron chi connectivity index (χ0n) is 17.0. The molecule has 0 aliphatic heterocycles. The molecule has 1 atom stereocenters. The lowest BCUT2D eigenvalue weighted by molar-refractivity contribution is -0.128. The van der Waals surface area contributed by atoms with Crippen LogP contribution < -0.4 is 20.3 Å². The molecule has 2 amide bonds. The Kier molecular flexibility index (Phi) is 7.05. The summed E-state index contributed by atoms with van der Waals surface area (Å²) in [5.41, 5.74) is 1.59. The van der Waals surface area contributed by atoms with Crippen molar-refractivity contribution in [3.8, 4) is 11.5 Å². The number of amides is 2. The molecule has 3 aromatic rings. The maximum Gasteiger partial charge on any atom is 0.246 e. The number of nitrogens with zero attached hydrogens (tertiary/aromatic N) is 1. The number of para-hydroxylation sites is 1. The Labute approximate surface area is 176 Å². The average Bonchev–Trinajstić information content (AvgIpc) is 2.78. The maximum atomic E-state index is 12.6. The molecule has 0 saturated heterocycles. The number of carbonyl (C=O) groups is 2. The van der Waals surface area contributed by atoms with Gasteiger partial charge < -0.3 is 20.3 Å². The van der Waals surface area contributed by atoms with Crippen molar-refractivity contribution in [2.75, 3.05) is 25.5 Å². The van der Waals surface area contributed by atoms with E-state index in [0.29, 0.717) is 5.75 Å². The van der Waals surface area contributed by atoms with E-state index >= 15 is 0 Å². The highest BCUT2D eigenvalue weighted by Gasteiger charge is 2.22. The van der Waals surface area contributed by atoms with Crippen LogP contribution in [0, 0.1) is 0 Å². The lowest BCUT2D eigenvalue weighted by Gasteiger charge is -2.22. The molecule has 0 fully saturated rings. The van der Waals surface area contributed by atoms with Crippen LogP contribution in [0.1, 0.15) is 11.6 Å². The van der Waals surface area contributed by atoms with Gasteiger partial charge in [-0.1, -0.05) is 48.5 Å². The Hall–Kier alpha value is -3.80. The summed E-state index contributed by atoms with van der Waals surface area (Å²) < 4.78 is 5.79. The van der Waals surface area contributed by atoms with Crippen molar-refractivity contribution in [1.82, 2.24) is 10.6 Å². The molecule has 0 heterocycles. The molecule has 0 spiro atoms. The number of rotatable bonds is 8. The topological polar surface area (TPSA) is 70.7 Å². The van der Waals surface area contributed by atoms with Crippen molar-refractivity contribution in [2.45, 2.75) is 6.04 Å². The predicted octanol–water partition coefficient (Wildman–Crippen LogP) is 3.52. The number of nitrogens with one attached hydrogen (secondary N) is 2. The molecule has 6 nitrogen and oxygen atoms in total. The third kappa shape index (κ3) is 5.61. The predicted molar refractivity (Wildman–Crippen MR) is 118 cm³/mol. The van der Waals surface area contributed by atoms with Crippen LogP contribution in [0.3, 0.4) is 0 Å². The fourth-order valence-corrected chi connectivity index (χ4v) is 3.00. The molecule has 30 heavy (non-hydrogen) atoms. The molecule has 0 aliphatic carbocycles. The summed E-state index contributed by atoms with van der Waals surface area (Å²) in [6.45, 7) is 0.110. The zero-order valence-corrected chi connectivity index (χ0v) is 17.0. The van der Waals surface area contributed by atoms with Gasteiger partial charge in [0.1, 0.15) is 17.5 Å². The molecule has 6 heteroatoms. The maximum absolute atomic E-state index is 12.6. The first-order valence-electron chi connectivity index (χ1n) is 9.67. The van der Waals surface area contributed by atoms with Gasteiger partial charge in [0, 0.05) is 19.8 Å². The fraction of sp³-hybridized carbons (Fsp3) is 0.167. The number of ether oxygens (including phenoxy) is 1. The summed E-state index contributed by atoms with van der Waals surface area (Å²) in [5.74, 6) is 0.963. The second-order valence-corrected chi connectivity index (χ2v) is 6.79. The molecular weight excluding hydrogens is 378 g/mol. The summed E-state index contributed by atoms with van der Waals surface area (Å²) in [7, 11) is 3.37. The van der Waals surface area contributed by atoms with Crippen LogP contribution in [0.25, 0.3) is 0 Å². The van der Waals surface area contributed by atoms with Gasteiger partial charge in [-0.05, 0) is 42.0 Å². The van der Waals surface area contributed by atoms with Crippen molar-refractivity contribution >= 4 is 17.5 Å². The monoisotopic (exact) mass is 403 g/mol. The van der Waals surface area contributed by atoms with Crippen molar-refractivity contribution in [1.29, 1.82) is 0 Å².